The Morgan fingerprint density at radius 2 is 0.970 bits per heavy atom. The van der Waals surface area contributed by atoms with Crippen molar-refractivity contribution >= 4 is 5.69 Å². The lowest BCUT2D eigenvalue weighted by Gasteiger charge is -2.33. The molecule has 0 aliphatic carbocycles. The van der Waals surface area contributed by atoms with Gasteiger partial charge in [-0.05, 0) is 80.4 Å². The van der Waals surface area contributed by atoms with Crippen LogP contribution in [-0.4, -0.2) is 80.1 Å². The fourth-order valence-corrected chi connectivity index (χ4v) is 3.08. The second-order valence-electron chi connectivity index (χ2n) is 11.2. The van der Waals surface area contributed by atoms with Gasteiger partial charge in [0.25, 0.3) is 0 Å². The van der Waals surface area contributed by atoms with Gasteiger partial charge in [-0.25, -0.2) is 0 Å². The molecule has 0 heterocycles. The highest BCUT2D eigenvalue weighted by molar-refractivity contribution is 5.44. The molecule has 2 aromatic rings. The second kappa shape index (κ2) is 13.7. The molecule has 0 atom stereocenters. The lowest BCUT2D eigenvalue weighted by molar-refractivity contribution is 0.153. The average molecular weight is 455 g/mol. The van der Waals surface area contributed by atoms with Crippen LogP contribution in [0.2, 0.25) is 0 Å². The molecule has 4 heteroatoms. The van der Waals surface area contributed by atoms with Crippen LogP contribution in [0.4, 0.5) is 5.69 Å². The van der Waals surface area contributed by atoms with Crippen molar-refractivity contribution in [1.29, 1.82) is 0 Å². The molecule has 0 bridgehead atoms. The number of rotatable bonds is 9. The van der Waals surface area contributed by atoms with E-state index in [1.54, 1.807) is 0 Å². The normalized spacial score (nSPS) is 12.2. The van der Waals surface area contributed by atoms with Crippen molar-refractivity contribution in [2.45, 2.75) is 59.2 Å². The molecule has 186 valence electrons. The van der Waals surface area contributed by atoms with Gasteiger partial charge in [0.2, 0.25) is 0 Å². The maximum Gasteiger partial charge on any atom is 0.0364 e. The van der Waals surface area contributed by atoms with Crippen molar-refractivity contribution in [2.75, 3.05) is 59.3 Å². The monoisotopic (exact) mass is 454 g/mol. The molecule has 0 amide bonds. The third-order valence-corrected chi connectivity index (χ3v) is 6.37. The molecule has 0 N–H and O–H groups in total. The van der Waals surface area contributed by atoms with Crippen molar-refractivity contribution in [3.05, 3.63) is 66.2 Å². The van der Waals surface area contributed by atoms with Crippen LogP contribution < -0.4 is 4.90 Å². The molecule has 4 nitrogen and oxygen atoms in total. The van der Waals surface area contributed by atoms with Gasteiger partial charge in [-0.3, -0.25) is 4.90 Å². The van der Waals surface area contributed by atoms with E-state index in [9.17, 15) is 0 Å². The summed E-state index contributed by atoms with van der Waals surface area (Å²) in [7, 11) is 8.70. The van der Waals surface area contributed by atoms with Crippen LogP contribution >= 0.6 is 0 Å². The SMILES string of the molecule is CN(CCN(C)C(C)(C)C)Cc1ccccc1.CN(CCN(C)C(C)(C)C)c1ccccc1. The molecule has 0 aromatic heterocycles. The van der Waals surface area contributed by atoms with Crippen LogP contribution in [0, 0.1) is 0 Å². The van der Waals surface area contributed by atoms with Crippen molar-refractivity contribution in [2.24, 2.45) is 0 Å². The van der Waals surface area contributed by atoms with E-state index in [2.05, 4.69) is 150 Å². The molecule has 0 aliphatic heterocycles. The Hall–Kier alpha value is -1.88. The first-order chi connectivity index (χ1) is 15.3. The first-order valence-corrected chi connectivity index (χ1v) is 12.2. The Kier molecular flexibility index (Phi) is 12.1. The van der Waals surface area contributed by atoms with Crippen molar-refractivity contribution in [3.63, 3.8) is 0 Å². The zero-order valence-corrected chi connectivity index (χ0v) is 23.1. The molecular weight excluding hydrogens is 404 g/mol. The Morgan fingerprint density at radius 1 is 0.545 bits per heavy atom. The minimum absolute atomic E-state index is 0.248. The van der Waals surface area contributed by atoms with Crippen molar-refractivity contribution in [3.8, 4) is 0 Å². The summed E-state index contributed by atoms with van der Waals surface area (Å²) in [5.74, 6) is 0. The van der Waals surface area contributed by atoms with Crippen LogP contribution in [0.3, 0.4) is 0 Å². The van der Waals surface area contributed by atoms with Gasteiger partial charge in [0.1, 0.15) is 0 Å². The maximum atomic E-state index is 2.40. The summed E-state index contributed by atoms with van der Waals surface area (Å²) in [6, 6.07) is 21.2. The van der Waals surface area contributed by atoms with Crippen LogP contribution in [0.25, 0.3) is 0 Å². The van der Waals surface area contributed by atoms with Crippen LogP contribution in [-0.2, 0) is 6.54 Å². The smallest absolute Gasteiger partial charge is 0.0364 e. The standard InChI is InChI=1S/C15H26N2.C14H24N2/c1-15(2,3)17(5)12-11-16(4)13-14-9-7-6-8-10-14;1-14(2,3)16(5)12-11-15(4)13-9-7-6-8-10-13/h6-10H,11-13H2,1-5H3;6-10H,11-12H2,1-5H3. The van der Waals surface area contributed by atoms with E-state index in [1.165, 1.54) is 11.3 Å². The highest BCUT2D eigenvalue weighted by Crippen LogP contribution is 2.13. The summed E-state index contributed by atoms with van der Waals surface area (Å²) in [6.07, 6.45) is 0. The Morgan fingerprint density at radius 3 is 1.42 bits per heavy atom. The molecule has 0 radical (unpaired) electrons. The lowest BCUT2D eigenvalue weighted by Crippen LogP contribution is -2.42. The van der Waals surface area contributed by atoms with E-state index >= 15 is 0 Å². The van der Waals surface area contributed by atoms with E-state index in [1.807, 2.05) is 0 Å². The highest BCUT2D eigenvalue weighted by Gasteiger charge is 2.17. The van der Waals surface area contributed by atoms with E-state index in [4.69, 9.17) is 0 Å². The Labute approximate surface area is 205 Å². The summed E-state index contributed by atoms with van der Waals surface area (Å²) >= 11 is 0. The molecule has 2 aromatic carbocycles. The van der Waals surface area contributed by atoms with E-state index in [0.717, 1.165) is 32.7 Å². The molecule has 0 spiro atoms. The molecule has 0 aliphatic rings. The first kappa shape index (κ1) is 29.2. The van der Waals surface area contributed by atoms with E-state index in [0.29, 0.717) is 0 Å². The van der Waals surface area contributed by atoms with E-state index in [-0.39, 0.29) is 11.1 Å². The van der Waals surface area contributed by atoms with Gasteiger partial charge in [0.15, 0.2) is 0 Å². The Bertz CT molecular complexity index is 747. The second-order valence-corrected chi connectivity index (χ2v) is 11.2. The van der Waals surface area contributed by atoms with Gasteiger partial charge in [0, 0.05) is 56.5 Å². The lowest BCUT2D eigenvalue weighted by atomic mass is 10.1. The molecule has 0 saturated heterocycles. The predicted octanol–water partition coefficient (Wildman–Crippen LogP) is 5.70. The molecule has 2 rings (SSSR count). The fourth-order valence-electron chi connectivity index (χ4n) is 3.08. The van der Waals surface area contributed by atoms with E-state index < -0.39 is 0 Å². The van der Waals surface area contributed by atoms with Crippen molar-refractivity contribution in [1.82, 2.24) is 14.7 Å². The van der Waals surface area contributed by atoms with Gasteiger partial charge in [-0.15, -0.1) is 0 Å². The summed E-state index contributed by atoms with van der Waals surface area (Å²) < 4.78 is 0. The van der Waals surface area contributed by atoms with Crippen LogP contribution in [0.15, 0.2) is 60.7 Å². The number of anilines is 1. The largest absolute Gasteiger partial charge is 0.373 e. The number of likely N-dealkylation sites (N-methyl/N-ethyl adjacent to an activating group) is 4. The quantitative estimate of drug-likeness (QED) is 0.482. The zero-order chi connectivity index (χ0) is 25.1. The molecule has 0 saturated carbocycles. The van der Waals surface area contributed by atoms with Gasteiger partial charge in [0.05, 0.1) is 0 Å². The third-order valence-electron chi connectivity index (χ3n) is 6.37. The summed E-state index contributed by atoms with van der Waals surface area (Å²) in [6.45, 7) is 18.9. The molecule has 33 heavy (non-hydrogen) atoms. The average Bonchev–Trinajstić information content (AvgIpc) is 2.76. The van der Waals surface area contributed by atoms with Crippen LogP contribution in [0.1, 0.15) is 47.1 Å². The minimum Gasteiger partial charge on any atom is -0.373 e. The summed E-state index contributed by atoms with van der Waals surface area (Å²) in [4.78, 5) is 9.45. The summed E-state index contributed by atoms with van der Waals surface area (Å²) in [5.41, 5.74) is 3.17. The van der Waals surface area contributed by atoms with Gasteiger partial charge < -0.3 is 14.7 Å². The molecule has 0 fully saturated rings. The summed E-state index contributed by atoms with van der Waals surface area (Å²) in [5, 5.41) is 0. The first-order valence-electron chi connectivity index (χ1n) is 12.2. The minimum atomic E-state index is 0.248. The number of hydrogen-bond acceptors (Lipinski definition) is 4. The molecule has 0 unspecified atom stereocenters. The fraction of sp³-hybridized carbons (Fsp3) is 0.586. The highest BCUT2D eigenvalue weighted by atomic mass is 15.2. The van der Waals surface area contributed by atoms with Crippen molar-refractivity contribution < 1.29 is 0 Å². The number of para-hydroxylation sites is 1. The number of benzene rings is 2. The zero-order valence-electron chi connectivity index (χ0n) is 23.1. The Balaban J connectivity index is 0.000000331. The topological polar surface area (TPSA) is 13.0 Å². The third kappa shape index (κ3) is 12.2. The van der Waals surface area contributed by atoms with Gasteiger partial charge >= 0.3 is 0 Å². The molecular formula is C29H50N4. The number of hydrogen-bond donors (Lipinski definition) is 0. The number of nitrogens with zero attached hydrogens (tertiary/aromatic N) is 4. The predicted molar refractivity (Wildman–Crippen MR) is 147 cm³/mol. The van der Waals surface area contributed by atoms with Crippen LogP contribution in [0.5, 0.6) is 0 Å². The van der Waals surface area contributed by atoms with Gasteiger partial charge in [-0.2, -0.15) is 0 Å². The van der Waals surface area contributed by atoms with Gasteiger partial charge in [-0.1, -0.05) is 48.5 Å². The maximum absolute atomic E-state index is 2.40.